The van der Waals surface area contributed by atoms with Crippen LogP contribution in [0.5, 0.6) is 0 Å². The second kappa shape index (κ2) is 6.46. The number of aliphatic carboxylic acids is 1. The second-order valence-electron chi connectivity index (χ2n) is 3.42. The SMILES string of the molecule is CC(NC(=O)NCCc1ccc(Cl)s1)C(=O)O. The summed E-state index contributed by atoms with van der Waals surface area (Å²) in [6.07, 6.45) is 0.673. The molecule has 2 amide bonds. The Balaban J connectivity index is 2.22. The van der Waals surface area contributed by atoms with Gasteiger partial charge in [0.2, 0.25) is 0 Å². The number of carboxylic acid groups (broad SMARTS) is 1. The summed E-state index contributed by atoms with van der Waals surface area (Å²) in [4.78, 5) is 22.8. The Kier molecular flexibility index (Phi) is 5.24. The maximum atomic E-state index is 11.2. The number of carboxylic acids is 1. The normalized spacial score (nSPS) is 11.9. The average molecular weight is 277 g/mol. The van der Waals surface area contributed by atoms with E-state index >= 15 is 0 Å². The van der Waals surface area contributed by atoms with E-state index in [0.717, 1.165) is 4.88 Å². The number of halogens is 1. The number of amides is 2. The van der Waals surface area contributed by atoms with Gasteiger partial charge in [0, 0.05) is 11.4 Å². The van der Waals surface area contributed by atoms with Gasteiger partial charge in [-0.25, -0.2) is 4.79 Å². The van der Waals surface area contributed by atoms with Crippen LogP contribution in [0.4, 0.5) is 4.79 Å². The number of urea groups is 1. The summed E-state index contributed by atoms with van der Waals surface area (Å²) in [5, 5.41) is 13.5. The van der Waals surface area contributed by atoms with E-state index in [1.54, 1.807) is 6.07 Å². The van der Waals surface area contributed by atoms with Gasteiger partial charge < -0.3 is 15.7 Å². The van der Waals surface area contributed by atoms with Crippen molar-refractivity contribution in [2.45, 2.75) is 19.4 Å². The van der Waals surface area contributed by atoms with Gasteiger partial charge in [-0.2, -0.15) is 0 Å². The molecule has 17 heavy (non-hydrogen) atoms. The molecule has 1 rings (SSSR count). The smallest absolute Gasteiger partial charge is 0.325 e. The van der Waals surface area contributed by atoms with Crippen molar-refractivity contribution in [3.8, 4) is 0 Å². The molecule has 1 aromatic rings. The van der Waals surface area contributed by atoms with Gasteiger partial charge in [0.05, 0.1) is 4.34 Å². The first kappa shape index (κ1) is 13.8. The van der Waals surface area contributed by atoms with Crippen molar-refractivity contribution >= 4 is 34.9 Å². The minimum Gasteiger partial charge on any atom is -0.480 e. The highest BCUT2D eigenvalue weighted by Gasteiger charge is 2.12. The third kappa shape index (κ3) is 5.06. The minimum absolute atomic E-state index is 0.439. The zero-order valence-electron chi connectivity index (χ0n) is 9.20. The van der Waals surface area contributed by atoms with Crippen molar-refractivity contribution in [3.63, 3.8) is 0 Å². The molecule has 0 bridgehead atoms. The van der Waals surface area contributed by atoms with Crippen LogP contribution < -0.4 is 10.6 Å². The number of nitrogens with one attached hydrogen (secondary N) is 2. The summed E-state index contributed by atoms with van der Waals surface area (Å²) < 4.78 is 0.712. The first-order chi connectivity index (χ1) is 7.99. The van der Waals surface area contributed by atoms with Crippen LogP contribution in [0.1, 0.15) is 11.8 Å². The fourth-order valence-corrected chi connectivity index (χ4v) is 2.18. The maximum Gasteiger partial charge on any atom is 0.325 e. The molecule has 1 unspecified atom stereocenters. The highest BCUT2D eigenvalue weighted by molar-refractivity contribution is 7.16. The summed E-state index contributed by atoms with van der Waals surface area (Å²) in [5.41, 5.74) is 0. The molecule has 1 heterocycles. The average Bonchev–Trinajstić information content (AvgIpc) is 2.64. The van der Waals surface area contributed by atoms with Crippen LogP contribution in [0, 0.1) is 0 Å². The number of rotatable bonds is 5. The lowest BCUT2D eigenvalue weighted by molar-refractivity contribution is -0.138. The predicted octanol–water partition coefficient (Wildman–Crippen LogP) is 1.72. The zero-order chi connectivity index (χ0) is 12.8. The zero-order valence-corrected chi connectivity index (χ0v) is 10.8. The van der Waals surface area contributed by atoms with Crippen molar-refractivity contribution < 1.29 is 14.7 Å². The van der Waals surface area contributed by atoms with E-state index in [1.165, 1.54) is 18.3 Å². The molecule has 3 N–H and O–H groups in total. The number of thiophene rings is 1. The van der Waals surface area contributed by atoms with E-state index in [9.17, 15) is 9.59 Å². The molecule has 0 radical (unpaired) electrons. The standard InChI is InChI=1S/C10H13ClN2O3S/c1-6(9(14)15)13-10(16)12-5-4-7-2-3-8(11)17-7/h2-3,6H,4-5H2,1H3,(H,14,15)(H2,12,13,16). The number of hydrogen-bond acceptors (Lipinski definition) is 3. The van der Waals surface area contributed by atoms with E-state index in [1.807, 2.05) is 6.07 Å². The van der Waals surface area contributed by atoms with Crippen LogP contribution in [-0.2, 0) is 11.2 Å². The molecule has 0 saturated heterocycles. The van der Waals surface area contributed by atoms with Gasteiger partial charge in [-0.3, -0.25) is 4.79 Å². The van der Waals surface area contributed by atoms with Crippen LogP contribution >= 0.6 is 22.9 Å². The summed E-state index contributed by atoms with van der Waals surface area (Å²) in [6, 6.07) is 2.31. The van der Waals surface area contributed by atoms with Gasteiger partial charge in [-0.05, 0) is 25.5 Å². The second-order valence-corrected chi connectivity index (χ2v) is 5.22. The van der Waals surface area contributed by atoms with E-state index in [0.29, 0.717) is 17.3 Å². The highest BCUT2D eigenvalue weighted by atomic mass is 35.5. The van der Waals surface area contributed by atoms with Gasteiger partial charge in [-0.15, -0.1) is 11.3 Å². The van der Waals surface area contributed by atoms with Crippen LogP contribution in [-0.4, -0.2) is 29.7 Å². The molecule has 0 spiro atoms. The summed E-state index contributed by atoms with van der Waals surface area (Å²) in [5.74, 6) is -1.06. The van der Waals surface area contributed by atoms with Crippen LogP contribution in [0.2, 0.25) is 4.34 Å². The Hall–Kier alpha value is -1.27. The van der Waals surface area contributed by atoms with Crippen molar-refractivity contribution in [2.75, 3.05) is 6.54 Å². The Morgan fingerprint density at radius 1 is 1.53 bits per heavy atom. The first-order valence-corrected chi connectivity index (χ1v) is 6.20. The van der Waals surface area contributed by atoms with Crippen LogP contribution in [0.15, 0.2) is 12.1 Å². The Morgan fingerprint density at radius 3 is 2.76 bits per heavy atom. The first-order valence-electron chi connectivity index (χ1n) is 5.00. The predicted molar refractivity (Wildman–Crippen MR) is 66.7 cm³/mol. The highest BCUT2D eigenvalue weighted by Crippen LogP contribution is 2.21. The largest absolute Gasteiger partial charge is 0.480 e. The topological polar surface area (TPSA) is 78.4 Å². The molecular weight excluding hydrogens is 264 g/mol. The molecule has 5 nitrogen and oxygen atoms in total. The maximum absolute atomic E-state index is 11.2. The Bertz CT molecular complexity index is 408. The van der Waals surface area contributed by atoms with Crippen molar-refractivity contribution in [1.82, 2.24) is 10.6 Å². The fourth-order valence-electron chi connectivity index (χ4n) is 1.09. The van der Waals surface area contributed by atoms with Crippen LogP contribution in [0.3, 0.4) is 0 Å². The molecular formula is C10H13ClN2O3S. The molecule has 0 aliphatic carbocycles. The molecule has 7 heteroatoms. The lowest BCUT2D eigenvalue weighted by Gasteiger charge is -2.10. The van der Waals surface area contributed by atoms with Gasteiger partial charge in [0.15, 0.2) is 0 Å². The lowest BCUT2D eigenvalue weighted by atomic mass is 10.3. The quantitative estimate of drug-likeness (QED) is 0.766. The molecule has 1 atom stereocenters. The lowest BCUT2D eigenvalue weighted by Crippen LogP contribution is -2.44. The van der Waals surface area contributed by atoms with E-state index in [-0.39, 0.29) is 0 Å². The van der Waals surface area contributed by atoms with Crippen LogP contribution in [0.25, 0.3) is 0 Å². The number of hydrogen-bond donors (Lipinski definition) is 3. The molecule has 0 aliphatic rings. The fraction of sp³-hybridized carbons (Fsp3) is 0.400. The molecule has 0 saturated carbocycles. The third-order valence-corrected chi connectivity index (χ3v) is 3.29. The number of carbonyl (C=O) groups is 2. The van der Waals surface area contributed by atoms with E-state index in [2.05, 4.69) is 10.6 Å². The third-order valence-electron chi connectivity index (χ3n) is 2.00. The van der Waals surface area contributed by atoms with Crippen molar-refractivity contribution in [2.24, 2.45) is 0 Å². The van der Waals surface area contributed by atoms with Gasteiger partial charge >= 0.3 is 12.0 Å². The van der Waals surface area contributed by atoms with E-state index in [4.69, 9.17) is 16.7 Å². The number of carbonyl (C=O) groups excluding carboxylic acids is 1. The van der Waals surface area contributed by atoms with E-state index < -0.39 is 18.0 Å². The van der Waals surface area contributed by atoms with Gasteiger partial charge in [0.25, 0.3) is 0 Å². The minimum atomic E-state index is -1.06. The summed E-state index contributed by atoms with van der Waals surface area (Å²) in [7, 11) is 0. The van der Waals surface area contributed by atoms with Crippen molar-refractivity contribution in [3.05, 3.63) is 21.3 Å². The molecule has 1 aromatic heterocycles. The van der Waals surface area contributed by atoms with Gasteiger partial charge in [0.1, 0.15) is 6.04 Å². The Morgan fingerprint density at radius 2 is 2.24 bits per heavy atom. The summed E-state index contributed by atoms with van der Waals surface area (Å²) >= 11 is 7.22. The molecule has 0 aliphatic heterocycles. The molecule has 0 fully saturated rings. The summed E-state index contributed by atoms with van der Waals surface area (Å²) in [6.45, 7) is 1.84. The Labute approximate surface area is 108 Å². The molecule has 0 aromatic carbocycles. The van der Waals surface area contributed by atoms with Crippen molar-refractivity contribution in [1.29, 1.82) is 0 Å². The van der Waals surface area contributed by atoms with Gasteiger partial charge in [-0.1, -0.05) is 11.6 Å². The monoisotopic (exact) mass is 276 g/mol. The molecule has 94 valence electrons.